The standard InChI is InChI=1S/C10H20O2S/c1-9(8-10(2)13)12-7-5-4-6-11-3/h10,13H,1,4-8H2,2-3H3. The van der Waals surface area contributed by atoms with Crippen molar-refractivity contribution >= 4 is 12.6 Å². The van der Waals surface area contributed by atoms with E-state index >= 15 is 0 Å². The van der Waals surface area contributed by atoms with Crippen molar-refractivity contribution in [1.29, 1.82) is 0 Å². The fraction of sp³-hybridized carbons (Fsp3) is 0.800. The summed E-state index contributed by atoms with van der Waals surface area (Å²) >= 11 is 4.26. The van der Waals surface area contributed by atoms with E-state index in [-0.39, 0.29) is 0 Å². The maximum absolute atomic E-state index is 5.40. The molecule has 3 heteroatoms. The maximum Gasteiger partial charge on any atom is 0.0899 e. The summed E-state index contributed by atoms with van der Waals surface area (Å²) in [5.41, 5.74) is 0. The Kier molecular flexibility index (Phi) is 8.35. The molecule has 78 valence electrons. The van der Waals surface area contributed by atoms with E-state index in [9.17, 15) is 0 Å². The number of hydrogen-bond donors (Lipinski definition) is 1. The minimum Gasteiger partial charge on any atom is -0.499 e. The van der Waals surface area contributed by atoms with Crippen molar-refractivity contribution in [2.45, 2.75) is 31.4 Å². The lowest BCUT2D eigenvalue weighted by Crippen LogP contribution is -2.00. The van der Waals surface area contributed by atoms with Crippen LogP contribution in [0.25, 0.3) is 0 Å². The lowest BCUT2D eigenvalue weighted by Gasteiger charge is -2.10. The molecule has 0 saturated carbocycles. The van der Waals surface area contributed by atoms with Gasteiger partial charge in [-0.1, -0.05) is 13.5 Å². The first-order valence-electron chi connectivity index (χ1n) is 4.64. The zero-order chi connectivity index (χ0) is 10.1. The van der Waals surface area contributed by atoms with Gasteiger partial charge in [-0.25, -0.2) is 0 Å². The topological polar surface area (TPSA) is 18.5 Å². The Hall–Kier alpha value is -0.150. The molecule has 1 atom stereocenters. The van der Waals surface area contributed by atoms with Crippen LogP contribution < -0.4 is 0 Å². The van der Waals surface area contributed by atoms with E-state index in [0.29, 0.717) is 5.25 Å². The van der Waals surface area contributed by atoms with Gasteiger partial charge in [0.1, 0.15) is 0 Å². The molecule has 0 saturated heterocycles. The van der Waals surface area contributed by atoms with Crippen molar-refractivity contribution in [2.75, 3.05) is 20.3 Å². The molecule has 0 aliphatic heterocycles. The number of methoxy groups -OCH3 is 1. The largest absolute Gasteiger partial charge is 0.499 e. The van der Waals surface area contributed by atoms with Crippen LogP contribution >= 0.6 is 12.6 Å². The Balaban J connectivity index is 3.17. The summed E-state index contributed by atoms with van der Waals surface area (Å²) < 4.78 is 10.3. The Morgan fingerprint density at radius 2 is 2.00 bits per heavy atom. The fourth-order valence-corrected chi connectivity index (χ4v) is 1.16. The highest BCUT2D eigenvalue weighted by Crippen LogP contribution is 2.09. The van der Waals surface area contributed by atoms with Crippen molar-refractivity contribution in [3.8, 4) is 0 Å². The van der Waals surface area contributed by atoms with Crippen LogP contribution in [-0.4, -0.2) is 25.6 Å². The lowest BCUT2D eigenvalue weighted by atomic mass is 10.3. The summed E-state index contributed by atoms with van der Waals surface area (Å²) in [6, 6.07) is 0. The van der Waals surface area contributed by atoms with Crippen LogP contribution in [0.4, 0.5) is 0 Å². The highest BCUT2D eigenvalue weighted by atomic mass is 32.1. The summed E-state index contributed by atoms with van der Waals surface area (Å²) in [5.74, 6) is 0.833. The molecule has 0 aromatic rings. The minimum absolute atomic E-state index is 0.325. The van der Waals surface area contributed by atoms with Gasteiger partial charge in [0.15, 0.2) is 0 Å². The van der Waals surface area contributed by atoms with E-state index in [0.717, 1.165) is 38.2 Å². The number of allylic oxidation sites excluding steroid dienone is 1. The molecule has 1 unspecified atom stereocenters. The number of thiol groups is 1. The zero-order valence-corrected chi connectivity index (χ0v) is 9.48. The van der Waals surface area contributed by atoms with E-state index in [1.165, 1.54) is 0 Å². The van der Waals surface area contributed by atoms with Crippen LogP contribution in [-0.2, 0) is 9.47 Å². The summed E-state index contributed by atoms with van der Waals surface area (Å²) in [6.07, 6.45) is 2.89. The van der Waals surface area contributed by atoms with Gasteiger partial charge in [0.2, 0.25) is 0 Å². The predicted molar refractivity (Wildman–Crippen MR) is 59.3 cm³/mol. The molecule has 0 radical (unpaired) electrons. The normalized spacial score (nSPS) is 12.5. The SMILES string of the molecule is C=C(CC(C)S)OCCCCOC. The third-order valence-corrected chi connectivity index (χ3v) is 1.75. The Morgan fingerprint density at radius 1 is 1.38 bits per heavy atom. The Morgan fingerprint density at radius 3 is 2.54 bits per heavy atom. The Labute approximate surface area is 86.7 Å². The molecule has 0 N–H and O–H groups in total. The molecular formula is C10H20O2S. The fourth-order valence-electron chi connectivity index (χ4n) is 0.953. The molecule has 0 fully saturated rings. The maximum atomic E-state index is 5.40. The van der Waals surface area contributed by atoms with Gasteiger partial charge in [-0.05, 0) is 12.8 Å². The van der Waals surface area contributed by atoms with Gasteiger partial charge in [-0.3, -0.25) is 0 Å². The molecule has 0 bridgehead atoms. The summed E-state index contributed by atoms with van der Waals surface area (Å²) in [4.78, 5) is 0. The second kappa shape index (κ2) is 8.45. The quantitative estimate of drug-likeness (QED) is 0.372. The minimum atomic E-state index is 0.325. The average molecular weight is 204 g/mol. The van der Waals surface area contributed by atoms with Crippen LogP contribution in [0.1, 0.15) is 26.2 Å². The second-order valence-corrected chi connectivity index (χ2v) is 4.02. The molecule has 0 aliphatic rings. The molecule has 0 aliphatic carbocycles. The van der Waals surface area contributed by atoms with Gasteiger partial charge < -0.3 is 9.47 Å². The number of hydrogen-bond acceptors (Lipinski definition) is 3. The van der Waals surface area contributed by atoms with Crippen LogP contribution in [0.3, 0.4) is 0 Å². The van der Waals surface area contributed by atoms with Crippen LogP contribution in [0.15, 0.2) is 12.3 Å². The molecule has 0 rings (SSSR count). The van der Waals surface area contributed by atoms with Crippen molar-refractivity contribution < 1.29 is 9.47 Å². The molecule has 0 amide bonds. The van der Waals surface area contributed by atoms with E-state index in [1.54, 1.807) is 7.11 Å². The summed E-state index contributed by atoms with van der Waals surface area (Å²) in [5, 5.41) is 0.325. The number of rotatable bonds is 8. The highest BCUT2D eigenvalue weighted by molar-refractivity contribution is 7.80. The summed E-state index contributed by atoms with van der Waals surface area (Å²) in [7, 11) is 1.71. The first-order valence-corrected chi connectivity index (χ1v) is 5.16. The van der Waals surface area contributed by atoms with Gasteiger partial charge in [-0.2, -0.15) is 12.6 Å². The third kappa shape index (κ3) is 9.77. The predicted octanol–water partition coefficient (Wildman–Crippen LogP) is 2.65. The lowest BCUT2D eigenvalue weighted by molar-refractivity contribution is 0.162. The van der Waals surface area contributed by atoms with E-state index in [4.69, 9.17) is 9.47 Å². The number of unbranched alkanes of at least 4 members (excludes halogenated alkanes) is 1. The van der Waals surface area contributed by atoms with Crippen LogP contribution in [0.2, 0.25) is 0 Å². The molecule has 0 heterocycles. The van der Waals surface area contributed by atoms with Gasteiger partial charge in [0.05, 0.1) is 12.4 Å². The molecule has 0 aromatic heterocycles. The van der Waals surface area contributed by atoms with Crippen molar-refractivity contribution in [3.05, 3.63) is 12.3 Å². The van der Waals surface area contributed by atoms with Gasteiger partial charge >= 0.3 is 0 Å². The van der Waals surface area contributed by atoms with Crippen molar-refractivity contribution in [3.63, 3.8) is 0 Å². The monoisotopic (exact) mass is 204 g/mol. The number of ether oxygens (including phenoxy) is 2. The average Bonchev–Trinajstić information content (AvgIpc) is 2.02. The molecule has 0 aromatic carbocycles. The molecule has 0 spiro atoms. The van der Waals surface area contributed by atoms with Crippen molar-refractivity contribution in [2.24, 2.45) is 0 Å². The van der Waals surface area contributed by atoms with E-state index in [1.807, 2.05) is 6.92 Å². The first-order chi connectivity index (χ1) is 6.16. The smallest absolute Gasteiger partial charge is 0.0899 e. The van der Waals surface area contributed by atoms with E-state index < -0.39 is 0 Å². The summed E-state index contributed by atoms with van der Waals surface area (Å²) in [6.45, 7) is 7.38. The van der Waals surface area contributed by atoms with Crippen LogP contribution in [0.5, 0.6) is 0 Å². The molecule has 13 heavy (non-hydrogen) atoms. The van der Waals surface area contributed by atoms with Crippen LogP contribution in [0, 0.1) is 0 Å². The zero-order valence-electron chi connectivity index (χ0n) is 8.58. The van der Waals surface area contributed by atoms with E-state index in [2.05, 4.69) is 19.2 Å². The molecule has 2 nitrogen and oxygen atoms in total. The first kappa shape index (κ1) is 12.8. The third-order valence-electron chi connectivity index (χ3n) is 1.57. The highest BCUT2D eigenvalue weighted by Gasteiger charge is 1.99. The Bertz CT molecular complexity index is 135. The molecular weight excluding hydrogens is 184 g/mol. The second-order valence-electron chi connectivity index (χ2n) is 3.14. The van der Waals surface area contributed by atoms with Gasteiger partial charge in [0, 0.05) is 25.4 Å². The van der Waals surface area contributed by atoms with Gasteiger partial charge in [0.25, 0.3) is 0 Å². The van der Waals surface area contributed by atoms with Crippen molar-refractivity contribution in [1.82, 2.24) is 0 Å². The van der Waals surface area contributed by atoms with Gasteiger partial charge in [-0.15, -0.1) is 0 Å².